The van der Waals surface area contributed by atoms with Gasteiger partial charge in [-0.15, -0.1) is 0 Å². The molecule has 0 bridgehead atoms. The molecule has 6 nitrogen and oxygen atoms in total. The lowest BCUT2D eigenvalue weighted by Gasteiger charge is -2.22. The Morgan fingerprint density at radius 1 is 1.36 bits per heavy atom. The SMILES string of the molecule is C/C=C(\C)CN1C[C@@H](NC(=O)c2cc(C)nc3ccccc23)C[C@H]1C(=O)OC. The van der Waals surface area contributed by atoms with Crippen LogP contribution in [0.25, 0.3) is 10.9 Å². The van der Waals surface area contributed by atoms with Gasteiger partial charge >= 0.3 is 5.97 Å². The Labute approximate surface area is 165 Å². The number of likely N-dealkylation sites (tertiary alicyclic amines) is 1. The highest BCUT2D eigenvalue weighted by Gasteiger charge is 2.38. The first-order valence-corrected chi connectivity index (χ1v) is 9.53. The zero-order chi connectivity index (χ0) is 20.3. The molecule has 0 saturated carbocycles. The Hall–Kier alpha value is -2.73. The van der Waals surface area contributed by atoms with Gasteiger partial charge in [0.2, 0.25) is 0 Å². The van der Waals surface area contributed by atoms with E-state index >= 15 is 0 Å². The minimum Gasteiger partial charge on any atom is -0.468 e. The standard InChI is InChI=1S/C22H27N3O3/c1-5-14(2)12-25-13-16(11-20(25)22(27)28-4)24-21(26)18-10-15(3)23-19-9-7-6-8-17(18)19/h5-10,16,20H,11-13H2,1-4H3,(H,24,26)/b14-5+/t16-,20-/m0/s1. The number of nitrogens with one attached hydrogen (secondary N) is 1. The molecule has 0 spiro atoms. The summed E-state index contributed by atoms with van der Waals surface area (Å²) in [6, 6.07) is 8.98. The fourth-order valence-electron chi connectivity index (χ4n) is 3.73. The molecule has 1 aliphatic rings. The molecule has 0 aliphatic carbocycles. The van der Waals surface area contributed by atoms with Gasteiger partial charge in [-0.2, -0.15) is 0 Å². The molecule has 1 fully saturated rings. The van der Waals surface area contributed by atoms with Gasteiger partial charge in [0.15, 0.2) is 0 Å². The number of benzene rings is 1. The molecule has 1 amide bonds. The summed E-state index contributed by atoms with van der Waals surface area (Å²) in [6.07, 6.45) is 2.57. The monoisotopic (exact) mass is 381 g/mol. The average Bonchev–Trinajstić information content (AvgIpc) is 3.08. The highest BCUT2D eigenvalue weighted by Crippen LogP contribution is 2.22. The molecule has 3 rings (SSSR count). The Balaban J connectivity index is 1.80. The van der Waals surface area contributed by atoms with Crippen molar-refractivity contribution in [3.05, 3.63) is 53.2 Å². The second-order valence-electron chi connectivity index (χ2n) is 7.34. The Kier molecular flexibility index (Phi) is 6.09. The van der Waals surface area contributed by atoms with E-state index in [2.05, 4.69) is 15.2 Å². The number of carbonyl (C=O) groups is 2. The summed E-state index contributed by atoms with van der Waals surface area (Å²) in [6.45, 7) is 7.19. The zero-order valence-electron chi connectivity index (χ0n) is 16.9. The van der Waals surface area contributed by atoms with Crippen molar-refractivity contribution >= 4 is 22.8 Å². The number of allylic oxidation sites excluding steroid dienone is 1. The molecule has 1 aromatic heterocycles. The molecule has 2 atom stereocenters. The van der Waals surface area contributed by atoms with Crippen LogP contribution >= 0.6 is 0 Å². The first-order valence-electron chi connectivity index (χ1n) is 9.53. The summed E-state index contributed by atoms with van der Waals surface area (Å²) in [5.41, 5.74) is 3.39. The van der Waals surface area contributed by atoms with Gasteiger partial charge in [-0.3, -0.25) is 19.5 Å². The smallest absolute Gasteiger partial charge is 0.323 e. The summed E-state index contributed by atoms with van der Waals surface area (Å²) < 4.78 is 4.97. The molecule has 0 radical (unpaired) electrons. The summed E-state index contributed by atoms with van der Waals surface area (Å²) in [7, 11) is 1.40. The van der Waals surface area contributed by atoms with Gasteiger partial charge in [-0.05, 0) is 39.3 Å². The van der Waals surface area contributed by atoms with Crippen LogP contribution in [0.3, 0.4) is 0 Å². The molecule has 2 heterocycles. The normalized spacial score (nSPS) is 20.4. The summed E-state index contributed by atoms with van der Waals surface area (Å²) in [5.74, 6) is -0.397. The number of esters is 1. The highest BCUT2D eigenvalue weighted by molar-refractivity contribution is 6.06. The molecule has 1 aromatic carbocycles. The van der Waals surface area contributed by atoms with E-state index in [9.17, 15) is 9.59 Å². The van der Waals surface area contributed by atoms with Crippen molar-refractivity contribution < 1.29 is 14.3 Å². The van der Waals surface area contributed by atoms with Crippen LogP contribution in [0.2, 0.25) is 0 Å². The second-order valence-corrected chi connectivity index (χ2v) is 7.34. The van der Waals surface area contributed by atoms with Crippen LogP contribution < -0.4 is 5.32 Å². The highest BCUT2D eigenvalue weighted by atomic mass is 16.5. The summed E-state index contributed by atoms with van der Waals surface area (Å²) in [5, 5.41) is 3.94. The molecule has 1 aliphatic heterocycles. The minimum absolute atomic E-state index is 0.117. The number of carbonyl (C=O) groups excluding carboxylic acids is 2. The lowest BCUT2D eigenvalue weighted by molar-refractivity contribution is -0.145. The van der Waals surface area contributed by atoms with Crippen molar-refractivity contribution in [3.63, 3.8) is 0 Å². The van der Waals surface area contributed by atoms with Gasteiger partial charge in [0.25, 0.3) is 5.91 Å². The molecule has 148 valence electrons. The number of hydrogen-bond acceptors (Lipinski definition) is 5. The number of aromatic nitrogens is 1. The molecular formula is C22H27N3O3. The number of aryl methyl sites for hydroxylation is 1. The number of rotatable bonds is 5. The first-order chi connectivity index (χ1) is 13.4. The zero-order valence-corrected chi connectivity index (χ0v) is 16.9. The van der Waals surface area contributed by atoms with Gasteiger partial charge in [0.1, 0.15) is 6.04 Å². The third kappa shape index (κ3) is 4.22. The topological polar surface area (TPSA) is 71.5 Å². The van der Waals surface area contributed by atoms with Crippen molar-refractivity contribution in [1.82, 2.24) is 15.2 Å². The number of amides is 1. The van der Waals surface area contributed by atoms with E-state index in [1.807, 2.05) is 57.2 Å². The molecule has 2 aromatic rings. The number of hydrogen-bond donors (Lipinski definition) is 1. The number of ether oxygens (including phenoxy) is 1. The lowest BCUT2D eigenvalue weighted by atomic mass is 10.1. The van der Waals surface area contributed by atoms with E-state index in [1.54, 1.807) is 0 Å². The van der Waals surface area contributed by atoms with Crippen LogP contribution in [0.5, 0.6) is 0 Å². The number of methoxy groups -OCH3 is 1. The second kappa shape index (κ2) is 8.52. The van der Waals surface area contributed by atoms with E-state index in [1.165, 1.54) is 12.7 Å². The summed E-state index contributed by atoms with van der Waals surface area (Å²) in [4.78, 5) is 31.8. The maximum Gasteiger partial charge on any atom is 0.323 e. The van der Waals surface area contributed by atoms with Crippen molar-refractivity contribution in [2.45, 2.75) is 39.3 Å². The van der Waals surface area contributed by atoms with Gasteiger partial charge in [0, 0.05) is 30.2 Å². The number of para-hydroxylation sites is 1. The fourth-order valence-corrected chi connectivity index (χ4v) is 3.73. The first kappa shape index (κ1) is 20.0. The van der Waals surface area contributed by atoms with Crippen LogP contribution in [0.1, 0.15) is 36.3 Å². The maximum atomic E-state index is 13.0. The van der Waals surface area contributed by atoms with E-state index in [0.717, 1.165) is 16.6 Å². The Bertz CT molecular complexity index is 922. The number of nitrogens with zero attached hydrogens (tertiary/aromatic N) is 2. The van der Waals surface area contributed by atoms with Gasteiger partial charge in [0.05, 0.1) is 18.2 Å². The molecule has 1 saturated heterocycles. The molecular weight excluding hydrogens is 354 g/mol. The largest absolute Gasteiger partial charge is 0.468 e. The van der Waals surface area contributed by atoms with Crippen molar-refractivity contribution in [3.8, 4) is 0 Å². The van der Waals surface area contributed by atoms with Crippen LogP contribution in [0.4, 0.5) is 0 Å². The number of fused-ring (bicyclic) bond motifs is 1. The lowest BCUT2D eigenvalue weighted by Crippen LogP contribution is -2.39. The van der Waals surface area contributed by atoms with E-state index in [-0.39, 0.29) is 24.0 Å². The maximum absolute atomic E-state index is 13.0. The van der Waals surface area contributed by atoms with Crippen molar-refractivity contribution in [2.75, 3.05) is 20.2 Å². The predicted octanol–water partition coefficient (Wildman–Crippen LogP) is 2.86. The third-order valence-electron chi connectivity index (χ3n) is 5.25. The van der Waals surface area contributed by atoms with Crippen LogP contribution in [0.15, 0.2) is 42.0 Å². The van der Waals surface area contributed by atoms with Crippen LogP contribution in [0, 0.1) is 6.92 Å². The average molecular weight is 381 g/mol. The summed E-state index contributed by atoms with van der Waals surface area (Å²) >= 11 is 0. The van der Waals surface area contributed by atoms with Crippen LogP contribution in [-0.2, 0) is 9.53 Å². The van der Waals surface area contributed by atoms with Crippen LogP contribution in [-0.4, -0.2) is 54.0 Å². The van der Waals surface area contributed by atoms with Gasteiger partial charge in [-0.25, -0.2) is 0 Å². The molecule has 1 N–H and O–H groups in total. The van der Waals surface area contributed by atoms with E-state index < -0.39 is 0 Å². The predicted molar refractivity (Wildman–Crippen MR) is 109 cm³/mol. The molecule has 28 heavy (non-hydrogen) atoms. The Morgan fingerprint density at radius 2 is 2.11 bits per heavy atom. The molecule has 0 unspecified atom stereocenters. The molecule has 6 heteroatoms. The fraction of sp³-hybridized carbons (Fsp3) is 0.409. The number of pyridine rings is 1. The van der Waals surface area contributed by atoms with E-state index in [0.29, 0.717) is 25.1 Å². The van der Waals surface area contributed by atoms with E-state index in [4.69, 9.17) is 4.74 Å². The third-order valence-corrected chi connectivity index (χ3v) is 5.25. The van der Waals surface area contributed by atoms with Crippen molar-refractivity contribution in [1.29, 1.82) is 0 Å². The van der Waals surface area contributed by atoms with Gasteiger partial charge < -0.3 is 10.1 Å². The minimum atomic E-state index is -0.346. The quantitative estimate of drug-likeness (QED) is 0.637. The van der Waals surface area contributed by atoms with Crippen molar-refractivity contribution in [2.24, 2.45) is 0 Å². The Morgan fingerprint density at radius 3 is 2.82 bits per heavy atom. The van der Waals surface area contributed by atoms with Gasteiger partial charge in [-0.1, -0.05) is 29.8 Å².